The van der Waals surface area contributed by atoms with Crippen molar-refractivity contribution >= 4 is 34.7 Å². The Balaban J connectivity index is 1.21. The lowest BCUT2D eigenvalue weighted by atomic mass is 9.96. The van der Waals surface area contributed by atoms with Gasteiger partial charge < -0.3 is 33.9 Å². The van der Waals surface area contributed by atoms with Crippen LogP contribution in [-0.4, -0.2) is 76.9 Å². The van der Waals surface area contributed by atoms with Crippen molar-refractivity contribution in [3.05, 3.63) is 99.8 Å². The van der Waals surface area contributed by atoms with Crippen LogP contribution in [0.4, 0.5) is 6.01 Å². The van der Waals surface area contributed by atoms with E-state index < -0.39 is 18.6 Å². The number of anilines is 1. The van der Waals surface area contributed by atoms with Gasteiger partial charge >= 0.3 is 5.97 Å². The molecule has 6 rings (SSSR count). The molecule has 3 N–H and O–H groups in total. The molecule has 0 radical (unpaired) electrons. The lowest BCUT2D eigenvalue weighted by Gasteiger charge is -2.31. The second kappa shape index (κ2) is 15.6. The van der Waals surface area contributed by atoms with Crippen LogP contribution in [0.15, 0.2) is 71.4 Å². The fourth-order valence-corrected chi connectivity index (χ4v) is 5.98. The fraction of sp³-hybridized carbons (Fsp3) is 0.297. The van der Waals surface area contributed by atoms with Gasteiger partial charge in [-0.25, -0.2) is 0 Å². The molecule has 0 spiro atoms. The van der Waals surface area contributed by atoms with E-state index in [0.29, 0.717) is 39.2 Å². The number of oxazole rings is 1. The number of carboxylic acid groups (broad SMARTS) is 1. The molecule has 1 saturated heterocycles. The van der Waals surface area contributed by atoms with Crippen molar-refractivity contribution in [2.45, 2.75) is 32.7 Å². The average molecular weight is 697 g/mol. The highest BCUT2D eigenvalue weighted by Crippen LogP contribution is 2.35. The van der Waals surface area contributed by atoms with Gasteiger partial charge in [-0.3, -0.25) is 15.1 Å². The lowest BCUT2D eigenvalue weighted by Crippen LogP contribution is -2.44. The molecule has 2 aromatic heterocycles. The molecule has 1 fully saturated rings. The number of nitriles is 1. The van der Waals surface area contributed by atoms with Crippen molar-refractivity contribution in [2.75, 3.05) is 44.7 Å². The minimum Gasteiger partial charge on any atom is -0.488 e. The van der Waals surface area contributed by atoms with Crippen molar-refractivity contribution < 1.29 is 28.9 Å². The quantitative estimate of drug-likeness (QED) is 0.149. The van der Waals surface area contributed by atoms with Crippen LogP contribution in [0.3, 0.4) is 0 Å². The zero-order valence-corrected chi connectivity index (χ0v) is 28.5. The van der Waals surface area contributed by atoms with Crippen LogP contribution in [-0.2, 0) is 24.6 Å². The van der Waals surface area contributed by atoms with E-state index in [2.05, 4.69) is 39.3 Å². The SMILES string of the molecule is Cc1c(COc2cc(OCc3cncc(C#N)c3)c(CNC(CO)C(=O)O)cc2Cl)cccc1-c1ccc2oc(N3CCN(C)CC3)nc2c1. The number of aromatic nitrogens is 2. The molecule has 0 bridgehead atoms. The van der Waals surface area contributed by atoms with Crippen LogP contribution in [0.5, 0.6) is 11.5 Å². The zero-order chi connectivity index (χ0) is 35.2. The number of pyridine rings is 1. The van der Waals surface area contributed by atoms with Gasteiger partial charge in [0.1, 0.15) is 42.3 Å². The number of nitrogens with one attached hydrogen (secondary N) is 1. The Labute approximate surface area is 294 Å². The van der Waals surface area contributed by atoms with Gasteiger partial charge in [-0.05, 0) is 60.5 Å². The van der Waals surface area contributed by atoms with Gasteiger partial charge in [0.15, 0.2) is 5.58 Å². The third-order valence-corrected chi connectivity index (χ3v) is 9.04. The highest BCUT2D eigenvalue weighted by molar-refractivity contribution is 6.32. The summed E-state index contributed by atoms with van der Waals surface area (Å²) < 4.78 is 18.5. The molecule has 12 nitrogen and oxygen atoms in total. The number of hydrogen-bond acceptors (Lipinski definition) is 11. The summed E-state index contributed by atoms with van der Waals surface area (Å²) in [7, 11) is 2.12. The molecule has 5 aromatic rings. The van der Waals surface area contributed by atoms with Crippen molar-refractivity contribution in [1.82, 2.24) is 20.2 Å². The molecular weight excluding hydrogens is 660 g/mol. The molecule has 0 saturated carbocycles. The number of rotatable bonds is 13. The topological polar surface area (TPSA) is 157 Å². The van der Waals surface area contributed by atoms with Crippen LogP contribution < -0.4 is 19.7 Å². The number of ether oxygens (including phenoxy) is 2. The molecule has 1 aliphatic heterocycles. The highest BCUT2D eigenvalue weighted by atomic mass is 35.5. The van der Waals surface area contributed by atoms with E-state index >= 15 is 0 Å². The first-order valence-corrected chi connectivity index (χ1v) is 16.5. The van der Waals surface area contributed by atoms with Crippen LogP contribution in [0.25, 0.3) is 22.2 Å². The normalized spacial score (nSPS) is 14.0. The number of halogens is 1. The smallest absolute Gasteiger partial charge is 0.323 e. The zero-order valence-electron chi connectivity index (χ0n) is 27.7. The highest BCUT2D eigenvalue weighted by Gasteiger charge is 2.21. The number of carbonyl (C=O) groups is 1. The van der Waals surface area contributed by atoms with Crippen molar-refractivity contribution in [2.24, 2.45) is 0 Å². The van der Waals surface area contributed by atoms with E-state index in [1.807, 2.05) is 37.3 Å². The average Bonchev–Trinajstić information content (AvgIpc) is 3.55. The molecule has 0 aliphatic carbocycles. The van der Waals surface area contributed by atoms with E-state index in [9.17, 15) is 20.3 Å². The van der Waals surface area contributed by atoms with Gasteiger partial charge in [0, 0.05) is 62.3 Å². The monoisotopic (exact) mass is 696 g/mol. The maximum atomic E-state index is 11.5. The number of likely N-dealkylation sites (N-methyl/N-ethyl adjacent to an activating group) is 1. The standard InChI is InChI=1S/C37H37ClN6O6/c1-23-27(4-3-5-29(23)26-6-7-33-31(14-26)42-37(50-33)44-10-8-43(2)9-11-44)22-49-35-15-34(48-21-25-12-24(16-39)17-40-18-25)28(13-30(35)38)19-41-32(20-45)36(46)47/h3-7,12-15,17-18,32,41,45H,8-11,19-22H2,1-2H3,(H,46,47). The van der Waals surface area contributed by atoms with Crippen LogP contribution in [0.1, 0.15) is 27.8 Å². The summed E-state index contributed by atoms with van der Waals surface area (Å²) in [5.74, 6) is -0.422. The summed E-state index contributed by atoms with van der Waals surface area (Å²) in [5, 5.41) is 31.2. The molecule has 1 aliphatic rings. The van der Waals surface area contributed by atoms with Gasteiger partial charge in [0.05, 0.1) is 17.2 Å². The molecule has 1 atom stereocenters. The maximum Gasteiger partial charge on any atom is 0.323 e. The second-order valence-corrected chi connectivity index (χ2v) is 12.6. The summed E-state index contributed by atoms with van der Waals surface area (Å²) >= 11 is 6.68. The first kappa shape index (κ1) is 34.7. The largest absolute Gasteiger partial charge is 0.488 e. The predicted octanol–water partition coefficient (Wildman–Crippen LogP) is 5.17. The minimum atomic E-state index is -1.19. The van der Waals surface area contributed by atoms with E-state index in [1.54, 1.807) is 24.4 Å². The molecule has 0 amide bonds. The number of aliphatic hydroxyl groups is 1. The fourth-order valence-electron chi connectivity index (χ4n) is 5.73. The number of piperazine rings is 1. The van der Waals surface area contributed by atoms with E-state index in [-0.39, 0.29) is 19.8 Å². The molecule has 1 unspecified atom stereocenters. The summed E-state index contributed by atoms with van der Waals surface area (Å²) in [6.45, 7) is 5.49. The van der Waals surface area contributed by atoms with Gasteiger partial charge in [0.2, 0.25) is 0 Å². The van der Waals surface area contributed by atoms with Crippen LogP contribution in [0.2, 0.25) is 5.02 Å². The first-order chi connectivity index (χ1) is 24.2. The number of carboxylic acids is 1. The van der Waals surface area contributed by atoms with Gasteiger partial charge in [-0.1, -0.05) is 35.9 Å². The Morgan fingerprint density at radius 3 is 2.62 bits per heavy atom. The molecule has 50 heavy (non-hydrogen) atoms. The Morgan fingerprint density at radius 2 is 1.86 bits per heavy atom. The molecule has 3 aromatic carbocycles. The molecule has 258 valence electrons. The molecule has 3 heterocycles. The van der Waals surface area contributed by atoms with Crippen molar-refractivity contribution in [3.8, 4) is 28.7 Å². The molecule has 13 heteroatoms. The number of fused-ring (bicyclic) bond motifs is 1. The Hall–Kier alpha value is -5.19. The summed E-state index contributed by atoms with van der Waals surface area (Å²) in [4.78, 5) is 24.8. The molecular formula is C37H37ClN6O6. The van der Waals surface area contributed by atoms with Crippen LogP contribution in [0, 0.1) is 18.3 Å². The lowest BCUT2D eigenvalue weighted by molar-refractivity contribution is -0.140. The van der Waals surface area contributed by atoms with Crippen molar-refractivity contribution in [1.29, 1.82) is 5.26 Å². The third-order valence-electron chi connectivity index (χ3n) is 8.74. The Bertz CT molecular complexity index is 2040. The number of aliphatic hydroxyl groups excluding tert-OH is 1. The minimum absolute atomic E-state index is 0.0528. The van der Waals surface area contributed by atoms with Gasteiger partial charge in [-0.15, -0.1) is 0 Å². The van der Waals surface area contributed by atoms with Gasteiger partial charge in [-0.2, -0.15) is 10.2 Å². The number of nitrogens with zero attached hydrogens (tertiary/aromatic N) is 5. The summed E-state index contributed by atoms with van der Waals surface area (Å²) in [6, 6.07) is 18.6. The second-order valence-electron chi connectivity index (χ2n) is 12.2. The summed E-state index contributed by atoms with van der Waals surface area (Å²) in [6.07, 6.45) is 3.06. The maximum absolute atomic E-state index is 11.5. The predicted molar refractivity (Wildman–Crippen MR) is 188 cm³/mol. The Morgan fingerprint density at radius 1 is 1.06 bits per heavy atom. The van der Waals surface area contributed by atoms with E-state index in [4.69, 9.17) is 30.5 Å². The van der Waals surface area contributed by atoms with Crippen molar-refractivity contribution in [3.63, 3.8) is 0 Å². The Kier molecular flexibility index (Phi) is 10.8. The summed E-state index contributed by atoms with van der Waals surface area (Å²) in [5.41, 5.74) is 7.22. The first-order valence-electron chi connectivity index (χ1n) is 16.1. The van der Waals surface area contributed by atoms with E-state index in [1.165, 1.54) is 6.20 Å². The third kappa shape index (κ3) is 7.98. The van der Waals surface area contributed by atoms with Crippen LogP contribution >= 0.6 is 11.6 Å². The van der Waals surface area contributed by atoms with Gasteiger partial charge in [0.25, 0.3) is 6.01 Å². The number of benzene rings is 3. The van der Waals surface area contributed by atoms with E-state index in [0.717, 1.165) is 59.5 Å². The number of aliphatic carboxylic acids is 1. The number of hydrogen-bond donors (Lipinski definition) is 3.